The number of fused-ring (bicyclic) bond motifs is 1. The maximum atomic E-state index is 10.8. The molecule has 3 heterocycles. The number of carboxylic acids is 1. The lowest BCUT2D eigenvalue weighted by molar-refractivity contribution is -0.192. The van der Waals surface area contributed by atoms with Crippen LogP contribution in [0.4, 0.5) is 13.2 Å². The van der Waals surface area contributed by atoms with E-state index in [0.717, 1.165) is 73.6 Å². The standard InChI is InChI=1S/C26H36ClN3O4S.C2HF3O2/c1-4-5-6-21-22(17-32-2)28-25(35-3)29-24(21)33-16-20(31)15-30-11-9-26(10-12-30)14-18-13-19(27)7-8-23(18)34-26;3-2(4,5)1(6)7/h7-8,13,20,31H,4-6,9-12,14-17H2,1-3H3;(H,6,7)/t20-;/m0./s1. The molecule has 1 atom stereocenters. The van der Waals surface area contributed by atoms with Crippen LogP contribution in [0, 0.1) is 0 Å². The summed E-state index contributed by atoms with van der Waals surface area (Å²) in [5.74, 6) is -1.23. The maximum absolute atomic E-state index is 10.8. The first-order valence-electron chi connectivity index (χ1n) is 13.6. The Balaban J connectivity index is 0.000000616. The number of likely N-dealkylation sites (tertiary alicyclic amines) is 1. The van der Waals surface area contributed by atoms with E-state index >= 15 is 0 Å². The zero-order valence-electron chi connectivity index (χ0n) is 23.9. The lowest BCUT2D eigenvalue weighted by atomic mass is 9.87. The van der Waals surface area contributed by atoms with Gasteiger partial charge in [-0.05, 0) is 42.9 Å². The Morgan fingerprint density at radius 2 is 1.98 bits per heavy atom. The van der Waals surface area contributed by atoms with Crippen LogP contribution in [0.25, 0.3) is 0 Å². The summed E-state index contributed by atoms with van der Waals surface area (Å²) in [5.41, 5.74) is 2.90. The summed E-state index contributed by atoms with van der Waals surface area (Å²) in [6, 6.07) is 5.88. The topological polar surface area (TPSA) is 114 Å². The number of ether oxygens (including phenoxy) is 3. The van der Waals surface area contributed by atoms with Crippen molar-refractivity contribution in [1.29, 1.82) is 0 Å². The molecule has 1 aromatic carbocycles. The van der Waals surface area contributed by atoms with E-state index in [0.29, 0.717) is 24.2 Å². The minimum absolute atomic E-state index is 0.147. The van der Waals surface area contributed by atoms with E-state index in [4.69, 9.17) is 35.7 Å². The number of carbonyl (C=O) groups is 1. The fourth-order valence-corrected chi connectivity index (χ4v) is 5.48. The Morgan fingerprint density at radius 1 is 1.29 bits per heavy atom. The normalized spacial score (nSPS) is 16.8. The number of β-amino-alcohol motifs (C(OH)–C–C–N with tert-alkyl or cyclic N) is 1. The number of thioether (sulfide) groups is 1. The molecule has 9 nitrogen and oxygen atoms in total. The molecular formula is C28H37ClF3N3O6S. The van der Waals surface area contributed by atoms with Crippen LogP contribution in [-0.4, -0.2) is 88.5 Å². The van der Waals surface area contributed by atoms with Crippen molar-refractivity contribution in [1.82, 2.24) is 14.9 Å². The molecule has 0 amide bonds. The lowest BCUT2D eigenvalue weighted by Crippen LogP contribution is -2.49. The van der Waals surface area contributed by atoms with Crippen LogP contribution >= 0.6 is 23.4 Å². The molecule has 14 heteroatoms. The number of hydrogen-bond acceptors (Lipinski definition) is 9. The number of aromatic nitrogens is 2. The summed E-state index contributed by atoms with van der Waals surface area (Å²) in [6.07, 6.45) is 1.93. The van der Waals surface area contributed by atoms with Crippen molar-refractivity contribution in [2.24, 2.45) is 0 Å². The van der Waals surface area contributed by atoms with E-state index in [9.17, 15) is 18.3 Å². The Hall–Kier alpha value is -2.32. The van der Waals surface area contributed by atoms with Gasteiger partial charge >= 0.3 is 12.1 Å². The van der Waals surface area contributed by atoms with Crippen LogP contribution in [-0.2, 0) is 29.0 Å². The number of aliphatic carboxylic acids is 1. The Kier molecular flexibility index (Phi) is 12.5. The minimum Gasteiger partial charge on any atom is -0.487 e. The van der Waals surface area contributed by atoms with Crippen molar-refractivity contribution < 1.29 is 42.4 Å². The molecule has 234 valence electrons. The van der Waals surface area contributed by atoms with Gasteiger partial charge in [0.1, 0.15) is 24.1 Å². The van der Waals surface area contributed by atoms with Gasteiger partial charge < -0.3 is 29.3 Å². The molecule has 1 fully saturated rings. The molecular weight excluding hydrogens is 599 g/mol. The first-order chi connectivity index (χ1) is 19.9. The number of rotatable bonds is 11. The summed E-state index contributed by atoms with van der Waals surface area (Å²) in [6.45, 7) is 5.08. The van der Waals surface area contributed by atoms with E-state index in [1.54, 1.807) is 7.11 Å². The van der Waals surface area contributed by atoms with Crippen LogP contribution < -0.4 is 9.47 Å². The number of halogens is 4. The lowest BCUT2D eigenvalue weighted by Gasteiger charge is -2.39. The fourth-order valence-electron chi connectivity index (χ4n) is 4.91. The third-order valence-electron chi connectivity index (χ3n) is 7.03. The second kappa shape index (κ2) is 15.4. The Bertz CT molecular complexity index is 1200. The van der Waals surface area contributed by atoms with Crippen LogP contribution in [0.5, 0.6) is 11.6 Å². The molecule has 4 rings (SSSR count). The molecule has 1 saturated heterocycles. The van der Waals surface area contributed by atoms with Crippen molar-refractivity contribution in [2.75, 3.05) is 39.6 Å². The Labute approximate surface area is 252 Å². The highest BCUT2D eigenvalue weighted by atomic mass is 35.5. The molecule has 2 aliphatic heterocycles. The first kappa shape index (κ1) is 34.2. The first-order valence-corrected chi connectivity index (χ1v) is 15.2. The van der Waals surface area contributed by atoms with Gasteiger partial charge in [-0.1, -0.05) is 36.7 Å². The van der Waals surface area contributed by atoms with Crippen molar-refractivity contribution in [3.63, 3.8) is 0 Å². The summed E-state index contributed by atoms with van der Waals surface area (Å²) >= 11 is 7.64. The molecule has 42 heavy (non-hydrogen) atoms. The van der Waals surface area contributed by atoms with Gasteiger partial charge in [0, 0.05) is 56.6 Å². The molecule has 1 aromatic heterocycles. The molecule has 2 aliphatic rings. The second-order valence-electron chi connectivity index (χ2n) is 10.3. The maximum Gasteiger partial charge on any atom is 0.490 e. The van der Waals surface area contributed by atoms with Crippen molar-refractivity contribution >= 4 is 29.3 Å². The number of piperidine rings is 1. The third-order valence-corrected chi connectivity index (χ3v) is 7.81. The fraction of sp³-hybridized carbons (Fsp3) is 0.607. The smallest absolute Gasteiger partial charge is 0.487 e. The van der Waals surface area contributed by atoms with E-state index in [1.807, 2.05) is 24.5 Å². The van der Waals surface area contributed by atoms with E-state index in [-0.39, 0.29) is 12.2 Å². The molecule has 0 unspecified atom stereocenters. The minimum atomic E-state index is -5.08. The van der Waals surface area contributed by atoms with Crippen LogP contribution in [0.3, 0.4) is 0 Å². The molecule has 0 saturated carbocycles. The molecule has 0 radical (unpaired) electrons. The average molecular weight is 636 g/mol. The highest BCUT2D eigenvalue weighted by Crippen LogP contribution is 2.42. The molecule has 0 aliphatic carbocycles. The number of aliphatic hydroxyl groups excluding tert-OH is 1. The van der Waals surface area contributed by atoms with Gasteiger partial charge in [-0.3, -0.25) is 0 Å². The van der Waals surface area contributed by atoms with Gasteiger partial charge in [0.25, 0.3) is 0 Å². The van der Waals surface area contributed by atoms with Gasteiger partial charge in [0.2, 0.25) is 5.88 Å². The number of alkyl halides is 3. The van der Waals surface area contributed by atoms with E-state index < -0.39 is 18.2 Å². The van der Waals surface area contributed by atoms with Crippen LogP contribution in [0.15, 0.2) is 23.4 Å². The van der Waals surface area contributed by atoms with Crippen molar-refractivity contribution in [2.45, 2.75) is 75.1 Å². The number of hydrogen-bond donors (Lipinski definition) is 2. The summed E-state index contributed by atoms with van der Waals surface area (Å²) in [5, 5.41) is 19.3. The predicted molar refractivity (Wildman–Crippen MR) is 153 cm³/mol. The van der Waals surface area contributed by atoms with Crippen LogP contribution in [0.2, 0.25) is 5.02 Å². The summed E-state index contributed by atoms with van der Waals surface area (Å²) in [4.78, 5) is 20.4. The third kappa shape index (κ3) is 9.60. The zero-order chi connectivity index (χ0) is 30.9. The van der Waals surface area contributed by atoms with Gasteiger partial charge in [-0.25, -0.2) is 9.78 Å². The number of carboxylic acid groups (broad SMARTS) is 1. The molecule has 2 aromatic rings. The highest BCUT2D eigenvalue weighted by Gasteiger charge is 2.42. The average Bonchev–Trinajstić information content (AvgIpc) is 3.29. The van der Waals surface area contributed by atoms with Gasteiger partial charge in [-0.2, -0.15) is 18.2 Å². The van der Waals surface area contributed by atoms with Crippen LogP contribution in [0.1, 0.15) is 49.4 Å². The van der Waals surface area contributed by atoms with Gasteiger partial charge in [0.15, 0.2) is 5.16 Å². The number of nitrogens with zero attached hydrogens (tertiary/aromatic N) is 3. The number of benzene rings is 1. The number of aliphatic hydroxyl groups is 1. The monoisotopic (exact) mass is 635 g/mol. The molecule has 2 N–H and O–H groups in total. The van der Waals surface area contributed by atoms with E-state index in [1.165, 1.54) is 17.3 Å². The summed E-state index contributed by atoms with van der Waals surface area (Å²) < 4.78 is 49.5. The molecule has 1 spiro atoms. The summed E-state index contributed by atoms with van der Waals surface area (Å²) in [7, 11) is 1.67. The highest BCUT2D eigenvalue weighted by molar-refractivity contribution is 7.98. The van der Waals surface area contributed by atoms with Crippen molar-refractivity contribution in [3.8, 4) is 11.6 Å². The van der Waals surface area contributed by atoms with E-state index in [2.05, 4.69) is 21.8 Å². The van der Waals surface area contributed by atoms with Gasteiger partial charge in [-0.15, -0.1) is 0 Å². The predicted octanol–water partition coefficient (Wildman–Crippen LogP) is 5.18. The molecule has 0 bridgehead atoms. The Morgan fingerprint density at radius 3 is 2.57 bits per heavy atom. The number of unbranched alkanes of at least 4 members (excludes halogenated alkanes) is 1. The zero-order valence-corrected chi connectivity index (χ0v) is 25.4. The van der Waals surface area contributed by atoms with Gasteiger partial charge in [0.05, 0.1) is 12.3 Å². The number of methoxy groups -OCH3 is 1. The second-order valence-corrected chi connectivity index (χ2v) is 11.5. The quantitative estimate of drug-likeness (QED) is 0.253. The SMILES string of the molecule is CCCCc1c(COC)nc(SC)nc1OC[C@@H](O)CN1CCC2(CC1)Cc1cc(Cl)ccc1O2.O=C(O)C(F)(F)F. The largest absolute Gasteiger partial charge is 0.490 e. The van der Waals surface area contributed by atoms with Crippen molar-refractivity contribution in [3.05, 3.63) is 40.0 Å².